The first-order valence-electron chi connectivity index (χ1n) is 8.73. The van der Waals surface area contributed by atoms with Gasteiger partial charge in [0.15, 0.2) is 0 Å². The number of amides is 1. The van der Waals surface area contributed by atoms with Crippen LogP contribution in [0.1, 0.15) is 50.7 Å². The molecule has 0 saturated heterocycles. The number of nitrogens with zero attached hydrogens (tertiary/aromatic N) is 1. The Kier molecular flexibility index (Phi) is 15.3. The predicted molar refractivity (Wildman–Crippen MR) is 105 cm³/mol. The van der Waals surface area contributed by atoms with Crippen LogP contribution in [0.4, 0.5) is 13.2 Å². The van der Waals surface area contributed by atoms with E-state index in [-0.39, 0.29) is 0 Å². The summed E-state index contributed by atoms with van der Waals surface area (Å²) in [6.45, 7) is 2.43. The lowest BCUT2D eigenvalue weighted by atomic mass is 10.1. The Morgan fingerprint density at radius 2 is 1.93 bits per heavy atom. The van der Waals surface area contributed by atoms with E-state index in [0.717, 1.165) is 49.9 Å². The molecular weight excluding hydrogens is 353 g/mol. The summed E-state index contributed by atoms with van der Waals surface area (Å²) in [6, 6.07) is 7.16. The van der Waals surface area contributed by atoms with Crippen molar-refractivity contribution in [2.24, 2.45) is 4.99 Å². The molecular formula is C21H27F3N2O. The molecule has 0 saturated carbocycles. The monoisotopic (exact) mass is 380 g/mol. The quantitative estimate of drug-likeness (QED) is 0.277. The molecule has 0 unspecified atom stereocenters. The molecule has 1 amide bonds. The van der Waals surface area contributed by atoms with Crippen molar-refractivity contribution in [1.82, 2.24) is 5.32 Å². The van der Waals surface area contributed by atoms with Gasteiger partial charge in [-0.15, -0.1) is 0 Å². The molecule has 1 aromatic carbocycles. The van der Waals surface area contributed by atoms with Crippen molar-refractivity contribution in [2.75, 3.05) is 13.5 Å². The highest BCUT2D eigenvalue weighted by molar-refractivity contribution is 5.99. The Morgan fingerprint density at radius 3 is 2.59 bits per heavy atom. The molecule has 0 heterocycles. The van der Waals surface area contributed by atoms with Gasteiger partial charge in [-0.3, -0.25) is 9.79 Å². The van der Waals surface area contributed by atoms with Gasteiger partial charge in [-0.1, -0.05) is 30.0 Å². The molecule has 0 radical (unpaired) electrons. The number of carbonyl (C=O) groups is 1. The third kappa shape index (κ3) is 14.3. The molecule has 0 aromatic heterocycles. The lowest BCUT2D eigenvalue weighted by Gasteiger charge is -2.01. The minimum Gasteiger partial charge on any atom is -0.359 e. The maximum Gasteiger partial charge on any atom is 0.229 e. The lowest BCUT2D eigenvalue weighted by molar-refractivity contribution is -0.109. The molecule has 0 aliphatic rings. The molecule has 1 N–H and O–H groups in total. The summed E-state index contributed by atoms with van der Waals surface area (Å²) in [5, 5.41) is 2.66. The third-order valence-corrected chi connectivity index (χ3v) is 3.42. The van der Waals surface area contributed by atoms with Crippen LogP contribution in [0.3, 0.4) is 0 Å². The molecule has 6 heteroatoms. The standard InChI is InChI=1S/C20H25FN2O.CH2F2/c1-17(7-4-3-5-12-22-16-24)15-23-18(2)10-11-19-8-6-9-20(13-19)14-21;2-1-3/h6,8-9,13,15-16H,3-5,7,12,14H2,1-2H3,(H,22,24);1H2/b17-15+,23-18?;. The summed E-state index contributed by atoms with van der Waals surface area (Å²) in [5.74, 6) is 5.99. The average Bonchev–Trinajstić information content (AvgIpc) is 2.68. The van der Waals surface area contributed by atoms with E-state index in [0.29, 0.717) is 5.56 Å². The molecule has 0 aliphatic carbocycles. The van der Waals surface area contributed by atoms with Gasteiger partial charge in [0, 0.05) is 18.3 Å². The Labute approximate surface area is 159 Å². The van der Waals surface area contributed by atoms with E-state index in [1.165, 1.54) is 5.57 Å². The van der Waals surface area contributed by atoms with Crippen LogP contribution in [0.2, 0.25) is 0 Å². The number of allylic oxidation sites excluding steroid dienone is 1. The second-order valence-corrected chi connectivity index (χ2v) is 5.76. The van der Waals surface area contributed by atoms with Crippen molar-refractivity contribution in [1.29, 1.82) is 0 Å². The molecule has 3 nitrogen and oxygen atoms in total. The normalized spacial score (nSPS) is 11.0. The number of unbranched alkanes of at least 4 members (excludes halogenated alkanes) is 2. The van der Waals surface area contributed by atoms with Crippen molar-refractivity contribution >= 4 is 12.1 Å². The summed E-state index contributed by atoms with van der Waals surface area (Å²) >= 11 is 0. The van der Waals surface area contributed by atoms with Crippen LogP contribution in [-0.2, 0) is 11.5 Å². The van der Waals surface area contributed by atoms with E-state index in [9.17, 15) is 18.0 Å². The molecule has 0 atom stereocenters. The number of aliphatic imine (C=N–C) groups is 1. The molecule has 1 aromatic rings. The fraction of sp³-hybridized carbons (Fsp3) is 0.429. The van der Waals surface area contributed by atoms with Gasteiger partial charge in [0.05, 0.1) is 5.71 Å². The topological polar surface area (TPSA) is 41.5 Å². The predicted octanol–water partition coefficient (Wildman–Crippen LogP) is 5.06. The minimum absolute atomic E-state index is 0.476. The van der Waals surface area contributed by atoms with Crippen LogP contribution in [0.5, 0.6) is 0 Å². The van der Waals surface area contributed by atoms with Crippen molar-refractivity contribution in [3.63, 3.8) is 0 Å². The number of nitrogens with one attached hydrogen (secondary N) is 1. The minimum atomic E-state index is -1.75. The number of benzene rings is 1. The zero-order chi connectivity index (χ0) is 20.3. The number of alkyl halides is 3. The Hall–Kier alpha value is -2.55. The summed E-state index contributed by atoms with van der Waals surface area (Å²) < 4.78 is 31.9. The maximum absolute atomic E-state index is 12.6. The van der Waals surface area contributed by atoms with Crippen LogP contribution >= 0.6 is 0 Å². The lowest BCUT2D eigenvalue weighted by Crippen LogP contribution is -2.11. The Balaban J connectivity index is 0.00000210. The molecule has 0 fully saturated rings. The SMILES string of the molecule is CC(C#Cc1cccc(CF)c1)=N/C=C(\C)CCCCCNC=O.FCF. The van der Waals surface area contributed by atoms with Crippen LogP contribution < -0.4 is 5.32 Å². The van der Waals surface area contributed by atoms with Crippen molar-refractivity contribution < 1.29 is 18.0 Å². The fourth-order valence-corrected chi connectivity index (χ4v) is 2.07. The highest BCUT2D eigenvalue weighted by Crippen LogP contribution is 2.08. The molecule has 148 valence electrons. The van der Waals surface area contributed by atoms with Crippen LogP contribution in [0.25, 0.3) is 0 Å². The highest BCUT2D eigenvalue weighted by Gasteiger charge is 1.93. The zero-order valence-corrected chi connectivity index (χ0v) is 15.9. The van der Waals surface area contributed by atoms with Gasteiger partial charge in [0.2, 0.25) is 13.3 Å². The summed E-state index contributed by atoms with van der Waals surface area (Å²) in [6.07, 6.45) is 6.74. The van der Waals surface area contributed by atoms with E-state index in [1.54, 1.807) is 18.2 Å². The van der Waals surface area contributed by atoms with Gasteiger partial charge in [-0.25, -0.2) is 13.2 Å². The first-order chi connectivity index (χ1) is 13.1. The second-order valence-electron chi connectivity index (χ2n) is 5.76. The Morgan fingerprint density at radius 1 is 1.19 bits per heavy atom. The molecule has 1 rings (SSSR count). The van der Waals surface area contributed by atoms with Crippen molar-refractivity contribution in [3.05, 3.63) is 47.2 Å². The van der Waals surface area contributed by atoms with Gasteiger partial charge in [0.1, 0.15) is 6.67 Å². The van der Waals surface area contributed by atoms with E-state index in [1.807, 2.05) is 19.2 Å². The first-order valence-corrected chi connectivity index (χ1v) is 8.73. The van der Waals surface area contributed by atoms with Gasteiger partial charge in [-0.2, -0.15) is 0 Å². The fourth-order valence-electron chi connectivity index (χ4n) is 2.07. The van der Waals surface area contributed by atoms with Gasteiger partial charge in [0.25, 0.3) is 0 Å². The van der Waals surface area contributed by atoms with Crippen molar-refractivity contribution in [2.45, 2.75) is 46.2 Å². The second kappa shape index (κ2) is 16.9. The van der Waals surface area contributed by atoms with Gasteiger partial charge < -0.3 is 5.32 Å². The number of carbonyl (C=O) groups excluding carboxylic acids is 1. The van der Waals surface area contributed by atoms with Gasteiger partial charge in [-0.05, 0) is 56.7 Å². The third-order valence-electron chi connectivity index (χ3n) is 3.42. The smallest absolute Gasteiger partial charge is 0.229 e. The van der Waals surface area contributed by atoms with Crippen LogP contribution in [0.15, 0.2) is 41.0 Å². The molecule has 0 spiro atoms. The van der Waals surface area contributed by atoms with E-state index in [4.69, 9.17) is 0 Å². The number of rotatable bonds is 9. The zero-order valence-electron chi connectivity index (χ0n) is 15.9. The highest BCUT2D eigenvalue weighted by atomic mass is 19.3. The summed E-state index contributed by atoms with van der Waals surface area (Å²) in [7, 11) is 0. The molecule has 0 aliphatic heterocycles. The van der Waals surface area contributed by atoms with Crippen molar-refractivity contribution in [3.8, 4) is 11.8 Å². The summed E-state index contributed by atoms with van der Waals surface area (Å²) in [5.41, 5.74) is 3.37. The van der Waals surface area contributed by atoms with Crippen LogP contribution in [-0.4, -0.2) is 25.6 Å². The number of hydrogen-bond acceptors (Lipinski definition) is 2. The maximum atomic E-state index is 12.6. The van der Waals surface area contributed by atoms with Gasteiger partial charge >= 0.3 is 0 Å². The van der Waals surface area contributed by atoms with E-state index >= 15 is 0 Å². The number of hydrogen-bond donors (Lipinski definition) is 1. The Bertz CT molecular complexity index is 661. The molecule has 0 bridgehead atoms. The molecule has 27 heavy (non-hydrogen) atoms. The summed E-state index contributed by atoms with van der Waals surface area (Å²) in [4.78, 5) is 14.5. The van der Waals surface area contributed by atoms with E-state index < -0.39 is 13.6 Å². The average molecular weight is 380 g/mol. The first kappa shape index (κ1) is 24.5. The number of halogens is 3. The van der Waals surface area contributed by atoms with E-state index in [2.05, 4.69) is 29.1 Å². The van der Waals surface area contributed by atoms with Crippen LogP contribution in [0, 0.1) is 11.8 Å². The largest absolute Gasteiger partial charge is 0.359 e.